The van der Waals surface area contributed by atoms with Gasteiger partial charge in [-0.1, -0.05) is 12.1 Å². The van der Waals surface area contributed by atoms with E-state index in [1.54, 1.807) is 42.5 Å². The van der Waals surface area contributed by atoms with Gasteiger partial charge in [0, 0.05) is 6.07 Å². The van der Waals surface area contributed by atoms with Gasteiger partial charge in [0.05, 0.1) is 37.6 Å². The summed E-state index contributed by atoms with van der Waals surface area (Å²) in [6.45, 7) is 0. The molecule has 0 aliphatic carbocycles. The third-order valence-corrected chi connectivity index (χ3v) is 4.12. The summed E-state index contributed by atoms with van der Waals surface area (Å²) in [5, 5.41) is 7.94. The summed E-state index contributed by atoms with van der Waals surface area (Å²) in [6.07, 6.45) is -0.221. The van der Waals surface area contributed by atoms with E-state index in [4.69, 9.17) is 9.47 Å². The summed E-state index contributed by atoms with van der Waals surface area (Å²) in [5.74, 6) is -0.304. The zero-order valence-electron chi connectivity index (χ0n) is 14.9. The number of fused-ring (bicyclic) bond motifs is 1. The summed E-state index contributed by atoms with van der Waals surface area (Å²) in [7, 11) is 3.00. The molecular weight excluding hydrogens is 350 g/mol. The van der Waals surface area contributed by atoms with Crippen LogP contribution in [0.2, 0.25) is 0 Å². The molecule has 2 aromatic carbocycles. The van der Waals surface area contributed by atoms with Crippen LogP contribution in [0.25, 0.3) is 0 Å². The Morgan fingerprint density at radius 3 is 2.63 bits per heavy atom. The monoisotopic (exact) mass is 369 g/mol. The van der Waals surface area contributed by atoms with Crippen LogP contribution in [0.1, 0.15) is 16.8 Å². The van der Waals surface area contributed by atoms with Gasteiger partial charge in [-0.3, -0.25) is 14.4 Å². The first-order valence-corrected chi connectivity index (χ1v) is 8.24. The van der Waals surface area contributed by atoms with Crippen molar-refractivity contribution in [3.05, 3.63) is 48.0 Å². The highest BCUT2D eigenvalue weighted by Crippen LogP contribution is 2.29. The fourth-order valence-corrected chi connectivity index (χ4v) is 2.74. The molecule has 8 heteroatoms. The van der Waals surface area contributed by atoms with Crippen molar-refractivity contribution in [3.8, 4) is 11.5 Å². The molecule has 0 saturated carbocycles. The van der Waals surface area contributed by atoms with E-state index in [1.807, 2.05) is 0 Å². The van der Waals surface area contributed by atoms with Crippen molar-refractivity contribution in [2.75, 3.05) is 24.9 Å². The molecule has 1 atom stereocenters. The highest BCUT2D eigenvalue weighted by Gasteiger charge is 2.29. The van der Waals surface area contributed by atoms with Gasteiger partial charge in [0.2, 0.25) is 11.8 Å². The molecule has 1 aliphatic rings. The van der Waals surface area contributed by atoms with Crippen LogP contribution in [-0.2, 0) is 9.59 Å². The molecule has 2 aromatic rings. The van der Waals surface area contributed by atoms with E-state index in [0.29, 0.717) is 28.4 Å². The zero-order valence-corrected chi connectivity index (χ0v) is 14.9. The molecule has 0 spiro atoms. The first-order chi connectivity index (χ1) is 13.0. The van der Waals surface area contributed by atoms with E-state index in [1.165, 1.54) is 14.2 Å². The number of hydrogen-bond donors (Lipinski definition) is 3. The Bertz CT molecular complexity index is 897. The lowest BCUT2D eigenvalue weighted by Gasteiger charge is -2.16. The average Bonchev–Trinajstić information content (AvgIpc) is 2.78. The smallest absolute Gasteiger partial charge is 0.254 e. The van der Waals surface area contributed by atoms with Crippen LogP contribution < -0.4 is 25.4 Å². The van der Waals surface area contributed by atoms with E-state index in [-0.39, 0.29) is 6.42 Å². The Kier molecular flexibility index (Phi) is 5.25. The molecule has 3 N–H and O–H groups in total. The molecule has 0 fully saturated rings. The third kappa shape index (κ3) is 4.00. The number of carbonyl (C=O) groups is 3. The van der Waals surface area contributed by atoms with Crippen LogP contribution in [0.5, 0.6) is 11.5 Å². The molecule has 1 heterocycles. The third-order valence-electron chi connectivity index (χ3n) is 4.12. The maximum absolute atomic E-state index is 12.4. The van der Waals surface area contributed by atoms with Gasteiger partial charge in [-0.05, 0) is 24.3 Å². The van der Waals surface area contributed by atoms with Crippen molar-refractivity contribution in [2.45, 2.75) is 12.5 Å². The van der Waals surface area contributed by atoms with Gasteiger partial charge in [-0.25, -0.2) is 0 Å². The number of nitrogens with one attached hydrogen (secondary N) is 3. The van der Waals surface area contributed by atoms with Gasteiger partial charge < -0.3 is 25.4 Å². The van der Waals surface area contributed by atoms with E-state index in [9.17, 15) is 14.4 Å². The van der Waals surface area contributed by atoms with Crippen molar-refractivity contribution < 1.29 is 23.9 Å². The summed E-state index contributed by atoms with van der Waals surface area (Å²) in [4.78, 5) is 37.1. The van der Waals surface area contributed by atoms with Gasteiger partial charge in [0.15, 0.2) is 0 Å². The second-order valence-corrected chi connectivity index (χ2v) is 5.88. The summed E-state index contributed by atoms with van der Waals surface area (Å²) in [5.41, 5.74) is 1.21. The molecule has 0 unspecified atom stereocenters. The normalized spacial score (nSPS) is 15.7. The van der Waals surface area contributed by atoms with Crippen molar-refractivity contribution in [1.82, 2.24) is 5.32 Å². The van der Waals surface area contributed by atoms with Crippen LogP contribution in [-0.4, -0.2) is 38.0 Å². The number of benzene rings is 2. The SMILES string of the molecule is COc1ccc(NC(=O)C[C@H]2NC(=O)c3ccccc3NC2=O)c(OC)c1. The van der Waals surface area contributed by atoms with Crippen LogP contribution in [0.4, 0.5) is 11.4 Å². The molecule has 140 valence electrons. The largest absolute Gasteiger partial charge is 0.497 e. The molecule has 0 bridgehead atoms. The Morgan fingerprint density at radius 1 is 1.11 bits per heavy atom. The van der Waals surface area contributed by atoms with E-state index in [0.717, 1.165) is 0 Å². The van der Waals surface area contributed by atoms with Gasteiger partial charge >= 0.3 is 0 Å². The molecule has 1 aliphatic heterocycles. The molecule has 0 radical (unpaired) electrons. The number of carbonyl (C=O) groups excluding carboxylic acids is 3. The number of methoxy groups -OCH3 is 2. The summed E-state index contributed by atoms with van der Waals surface area (Å²) < 4.78 is 10.4. The lowest BCUT2D eigenvalue weighted by Crippen LogP contribution is -2.43. The summed E-state index contributed by atoms with van der Waals surface area (Å²) in [6, 6.07) is 10.6. The lowest BCUT2D eigenvalue weighted by molar-refractivity contribution is -0.122. The standard InChI is InChI=1S/C19H19N3O5/c1-26-11-7-8-14(16(9-11)27-2)20-17(23)10-15-19(25)21-13-6-4-3-5-12(13)18(24)22-15/h3-9,15H,10H2,1-2H3,(H,20,23)(H,21,25)(H,22,24)/t15-/m1/s1. The highest BCUT2D eigenvalue weighted by atomic mass is 16.5. The van der Waals surface area contributed by atoms with Crippen molar-refractivity contribution in [2.24, 2.45) is 0 Å². The fraction of sp³-hybridized carbons (Fsp3) is 0.211. The van der Waals surface area contributed by atoms with Gasteiger partial charge in [0.1, 0.15) is 17.5 Å². The van der Waals surface area contributed by atoms with Gasteiger partial charge in [-0.2, -0.15) is 0 Å². The number of para-hydroxylation sites is 1. The minimum absolute atomic E-state index is 0.221. The zero-order chi connectivity index (χ0) is 19.4. The minimum atomic E-state index is -0.992. The molecular formula is C19H19N3O5. The van der Waals surface area contributed by atoms with Crippen molar-refractivity contribution in [1.29, 1.82) is 0 Å². The molecule has 27 heavy (non-hydrogen) atoms. The van der Waals surface area contributed by atoms with E-state index < -0.39 is 23.8 Å². The molecule has 3 amide bonds. The predicted molar refractivity (Wildman–Crippen MR) is 99.1 cm³/mol. The number of amides is 3. The number of rotatable bonds is 5. The van der Waals surface area contributed by atoms with E-state index >= 15 is 0 Å². The second-order valence-electron chi connectivity index (χ2n) is 5.88. The Morgan fingerprint density at radius 2 is 1.89 bits per heavy atom. The first-order valence-electron chi connectivity index (χ1n) is 8.24. The number of hydrogen-bond acceptors (Lipinski definition) is 5. The first kappa shape index (κ1) is 18.2. The maximum atomic E-state index is 12.4. The van der Waals surface area contributed by atoms with Gasteiger partial charge in [-0.15, -0.1) is 0 Å². The Balaban J connectivity index is 1.71. The Labute approximate surface area is 155 Å². The topological polar surface area (TPSA) is 106 Å². The quantitative estimate of drug-likeness (QED) is 0.745. The molecule has 0 aromatic heterocycles. The van der Waals surface area contributed by atoms with Crippen LogP contribution in [0, 0.1) is 0 Å². The molecule has 3 rings (SSSR count). The maximum Gasteiger partial charge on any atom is 0.254 e. The van der Waals surface area contributed by atoms with Crippen LogP contribution in [0.3, 0.4) is 0 Å². The summed E-state index contributed by atoms with van der Waals surface area (Å²) >= 11 is 0. The minimum Gasteiger partial charge on any atom is -0.497 e. The van der Waals surface area contributed by atoms with Crippen molar-refractivity contribution >= 4 is 29.1 Å². The lowest BCUT2D eigenvalue weighted by atomic mass is 10.1. The highest BCUT2D eigenvalue weighted by molar-refractivity contribution is 6.11. The second kappa shape index (κ2) is 7.77. The van der Waals surface area contributed by atoms with Crippen LogP contribution >= 0.6 is 0 Å². The number of anilines is 2. The predicted octanol–water partition coefficient (Wildman–Crippen LogP) is 1.78. The van der Waals surface area contributed by atoms with Crippen LogP contribution in [0.15, 0.2) is 42.5 Å². The fourth-order valence-electron chi connectivity index (χ4n) is 2.74. The average molecular weight is 369 g/mol. The number of ether oxygens (including phenoxy) is 2. The van der Waals surface area contributed by atoms with E-state index in [2.05, 4.69) is 16.0 Å². The molecule has 8 nitrogen and oxygen atoms in total. The Hall–Kier alpha value is -3.55. The van der Waals surface area contributed by atoms with Crippen molar-refractivity contribution in [3.63, 3.8) is 0 Å². The molecule has 0 saturated heterocycles. The van der Waals surface area contributed by atoms with Gasteiger partial charge in [0.25, 0.3) is 5.91 Å².